The van der Waals surface area contributed by atoms with Gasteiger partial charge in [-0.25, -0.2) is 0 Å². The minimum absolute atomic E-state index is 0.251. The van der Waals surface area contributed by atoms with Crippen LogP contribution in [0.5, 0.6) is 5.75 Å². The van der Waals surface area contributed by atoms with Crippen molar-refractivity contribution in [1.29, 1.82) is 0 Å². The van der Waals surface area contributed by atoms with Crippen molar-refractivity contribution < 1.29 is 4.74 Å². The van der Waals surface area contributed by atoms with Crippen molar-refractivity contribution >= 4 is 15.9 Å². The molecule has 0 heterocycles. The molecule has 1 atom stereocenters. The highest BCUT2D eigenvalue weighted by molar-refractivity contribution is 9.10. The number of benzene rings is 1. The topological polar surface area (TPSA) is 21.3 Å². The van der Waals surface area contributed by atoms with Gasteiger partial charge in [-0.1, -0.05) is 26.8 Å². The van der Waals surface area contributed by atoms with Crippen LogP contribution in [0.25, 0.3) is 0 Å². The monoisotopic (exact) mass is 299 g/mol. The van der Waals surface area contributed by atoms with Crippen LogP contribution in [0.1, 0.15) is 26.3 Å². The number of halogens is 1. The van der Waals surface area contributed by atoms with E-state index in [9.17, 15) is 0 Å². The molecule has 1 aromatic rings. The number of ether oxygens (including phenoxy) is 1. The summed E-state index contributed by atoms with van der Waals surface area (Å²) in [5, 5.41) is 3.39. The number of methoxy groups -OCH3 is 1. The molecule has 0 saturated carbocycles. The average Bonchev–Trinajstić information content (AvgIpc) is 2.24. The maximum Gasteiger partial charge on any atom is 0.133 e. The quantitative estimate of drug-likeness (QED) is 0.916. The van der Waals surface area contributed by atoms with Crippen LogP contribution < -0.4 is 10.1 Å². The summed E-state index contributed by atoms with van der Waals surface area (Å²) in [5.74, 6) is 0.880. The van der Waals surface area contributed by atoms with Gasteiger partial charge < -0.3 is 10.1 Å². The first-order valence-electron chi connectivity index (χ1n) is 5.88. The molecule has 3 heteroatoms. The normalized spacial score (nSPS) is 13.5. The Labute approximate surface area is 113 Å². The van der Waals surface area contributed by atoms with E-state index in [0.717, 1.165) is 16.6 Å². The summed E-state index contributed by atoms with van der Waals surface area (Å²) < 4.78 is 6.25. The molecule has 96 valence electrons. The van der Waals surface area contributed by atoms with E-state index >= 15 is 0 Å². The summed E-state index contributed by atoms with van der Waals surface area (Å²) in [5.41, 5.74) is 1.56. The Morgan fingerprint density at radius 3 is 2.41 bits per heavy atom. The molecule has 1 N–H and O–H groups in total. The van der Waals surface area contributed by atoms with E-state index in [1.165, 1.54) is 5.56 Å². The van der Waals surface area contributed by atoms with Gasteiger partial charge >= 0.3 is 0 Å². The molecule has 17 heavy (non-hydrogen) atoms. The molecule has 0 saturated heterocycles. The SMILES string of the molecule is CNC(Cc1ccc(OC)c(Br)c1)C(C)(C)C. The van der Waals surface area contributed by atoms with Gasteiger partial charge in [-0.2, -0.15) is 0 Å². The molecule has 0 amide bonds. The highest BCUT2D eigenvalue weighted by Gasteiger charge is 2.23. The van der Waals surface area contributed by atoms with Crippen LogP contribution in [0.4, 0.5) is 0 Å². The molecule has 0 fully saturated rings. The van der Waals surface area contributed by atoms with Gasteiger partial charge in [0.1, 0.15) is 5.75 Å². The zero-order valence-electron chi connectivity index (χ0n) is 11.3. The molecular formula is C14H22BrNO. The van der Waals surface area contributed by atoms with E-state index in [1.54, 1.807) is 7.11 Å². The maximum atomic E-state index is 5.24. The third-order valence-electron chi connectivity index (χ3n) is 3.05. The fraction of sp³-hybridized carbons (Fsp3) is 0.571. The molecule has 1 unspecified atom stereocenters. The average molecular weight is 300 g/mol. The van der Waals surface area contributed by atoms with Gasteiger partial charge in [-0.05, 0) is 52.5 Å². The second-order valence-corrected chi connectivity index (χ2v) is 6.23. The Balaban J connectivity index is 2.84. The summed E-state index contributed by atoms with van der Waals surface area (Å²) in [6, 6.07) is 6.73. The van der Waals surface area contributed by atoms with Gasteiger partial charge in [0, 0.05) is 6.04 Å². The largest absolute Gasteiger partial charge is 0.496 e. The number of hydrogen-bond acceptors (Lipinski definition) is 2. The van der Waals surface area contributed by atoms with Crippen molar-refractivity contribution in [2.45, 2.75) is 33.2 Å². The molecule has 0 radical (unpaired) electrons. The van der Waals surface area contributed by atoms with Gasteiger partial charge in [-0.3, -0.25) is 0 Å². The lowest BCUT2D eigenvalue weighted by molar-refractivity contribution is 0.280. The van der Waals surface area contributed by atoms with Crippen LogP contribution in [0.3, 0.4) is 0 Å². The smallest absolute Gasteiger partial charge is 0.133 e. The standard InChI is InChI=1S/C14H22BrNO/c1-14(2,3)13(16-4)9-10-6-7-12(17-5)11(15)8-10/h6-8,13,16H,9H2,1-5H3. The molecule has 0 aliphatic rings. The first-order chi connectivity index (χ1) is 7.88. The van der Waals surface area contributed by atoms with Gasteiger partial charge in [0.2, 0.25) is 0 Å². The molecule has 1 aromatic carbocycles. The fourth-order valence-corrected chi connectivity index (χ4v) is 2.50. The molecule has 1 rings (SSSR count). The highest BCUT2D eigenvalue weighted by atomic mass is 79.9. The molecule has 2 nitrogen and oxygen atoms in total. The molecule has 0 aromatic heterocycles. The van der Waals surface area contributed by atoms with Crippen molar-refractivity contribution in [2.24, 2.45) is 5.41 Å². The number of hydrogen-bond donors (Lipinski definition) is 1. The van der Waals surface area contributed by atoms with Gasteiger partial charge in [-0.15, -0.1) is 0 Å². The first kappa shape index (κ1) is 14.5. The van der Waals surface area contributed by atoms with E-state index < -0.39 is 0 Å². The Morgan fingerprint density at radius 2 is 2.00 bits per heavy atom. The third-order valence-corrected chi connectivity index (χ3v) is 3.67. The number of nitrogens with one attached hydrogen (secondary N) is 1. The second kappa shape index (κ2) is 5.87. The van der Waals surface area contributed by atoms with Crippen LogP contribution in [-0.2, 0) is 6.42 Å². The summed E-state index contributed by atoms with van der Waals surface area (Å²) in [6.07, 6.45) is 1.02. The Hall–Kier alpha value is -0.540. The highest BCUT2D eigenvalue weighted by Crippen LogP contribution is 2.28. The van der Waals surface area contributed by atoms with Gasteiger partial charge in [0.05, 0.1) is 11.6 Å². The van der Waals surface area contributed by atoms with Crippen LogP contribution in [0.15, 0.2) is 22.7 Å². The van der Waals surface area contributed by atoms with Crippen molar-refractivity contribution in [3.63, 3.8) is 0 Å². The van der Waals surface area contributed by atoms with Crippen LogP contribution in [-0.4, -0.2) is 20.2 Å². The number of likely N-dealkylation sites (N-methyl/N-ethyl adjacent to an activating group) is 1. The van der Waals surface area contributed by atoms with Crippen molar-refractivity contribution in [1.82, 2.24) is 5.32 Å². The Morgan fingerprint density at radius 1 is 1.35 bits per heavy atom. The van der Waals surface area contributed by atoms with Crippen LogP contribution in [0, 0.1) is 5.41 Å². The Bertz CT molecular complexity index is 371. The summed E-state index contributed by atoms with van der Waals surface area (Å²) in [6.45, 7) is 6.77. The van der Waals surface area contributed by atoms with Crippen molar-refractivity contribution in [2.75, 3.05) is 14.2 Å². The maximum absolute atomic E-state index is 5.24. The van der Waals surface area contributed by atoms with E-state index in [2.05, 4.69) is 54.2 Å². The van der Waals surface area contributed by atoms with Crippen molar-refractivity contribution in [3.8, 4) is 5.75 Å². The van der Waals surface area contributed by atoms with E-state index in [-0.39, 0.29) is 5.41 Å². The molecule has 0 aliphatic heterocycles. The van der Waals surface area contributed by atoms with Crippen molar-refractivity contribution in [3.05, 3.63) is 28.2 Å². The lowest BCUT2D eigenvalue weighted by Crippen LogP contribution is -2.39. The zero-order valence-corrected chi connectivity index (χ0v) is 12.9. The lowest BCUT2D eigenvalue weighted by Gasteiger charge is -2.30. The minimum atomic E-state index is 0.251. The van der Waals surface area contributed by atoms with E-state index in [1.807, 2.05) is 13.1 Å². The van der Waals surface area contributed by atoms with E-state index in [4.69, 9.17) is 4.74 Å². The summed E-state index contributed by atoms with van der Waals surface area (Å²) in [4.78, 5) is 0. The van der Waals surface area contributed by atoms with Crippen LogP contribution >= 0.6 is 15.9 Å². The molecule has 0 spiro atoms. The Kier molecular flexibility index (Phi) is 5.02. The van der Waals surface area contributed by atoms with E-state index in [0.29, 0.717) is 6.04 Å². The molecule has 0 bridgehead atoms. The lowest BCUT2D eigenvalue weighted by atomic mass is 9.83. The zero-order chi connectivity index (χ0) is 13.1. The second-order valence-electron chi connectivity index (χ2n) is 5.38. The summed E-state index contributed by atoms with van der Waals surface area (Å²) >= 11 is 3.52. The predicted octanol–water partition coefficient (Wildman–Crippen LogP) is 3.63. The van der Waals surface area contributed by atoms with Gasteiger partial charge in [0.25, 0.3) is 0 Å². The summed E-state index contributed by atoms with van der Waals surface area (Å²) in [7, 11) is 3.71. The minimum Gasteiger partial charge on any atom is -0.496 e. The van der Waals surface area contributed by atoms with Gasteiger partial charge in [0.15, 0.2) is 0 Å². The molecular weight excluding hydrogens is 278 g/mol. The third kappa shape index (κ3) is 4.00. The molecule has 0 aliphatic carbocycles. The van der Waals surface area contributed by atoms with Crippen LogP contribution in [0.2, 0.25) is 0 Å². The fourth-order valence-electron chi connectivity index (χ4n) is 1.91. The predicted molar refractivity (Wildman–Crippen MR) is 76.7 cm³/mol. The first-order valence-corrected chi connectivity index (χ1v) is 6.67. The number of rotatable bonds is 4.